The fraction of sp³-hybridized carbons (Fsp3) is 0.207. The standard InChI is InChI=1S/C29H26N2O5S/c1-19-18-37-28-24(30-23(32)17-35-22-15-9-4-10-16-22)27(33)31(28)25(19)29(34)36-26(20-11-5-2-6-12-20)21-13-7-3-8-14-21/h2-16,24,26,28H,17-18H2,1H3,(H,30,32)/t24?,28-/m0/s1. The fourth-order valence-electron chi connectivity index (χ4n) is 4.39. The van der Waals surface area contributed by atoms with Crippen LogP contribution in [0.3, 0.4) is 0 Å². The molecule has 3 aromatic carbocycles. The van der Waals surface area contributed by atoms with Crippen molar-refractivity contribution in [2.24, 2.45) is 0 Å². The normalized spacial score (nSPS) is 18.6. The Balaban J connectivity index is 1.28. The lowest BCUT2D eigenvalue weighted by Crippen LogP contribution is -2.70. The van der Waals surface area contributed by atoms with Gasteiger partial charge in [-0.05, 0) is 35.8 Å². The summed E-state index contributed by atoms with van der Waals surface area (Å²) in [6, 6.07) is 27.3. The minimum atomic E-state index is -0.730. The lowest BCUT2D eigenvalue weighted by Gasteiger charge is -2.49. The molecule has 0 aliphatic carbocycles. The zero-order chi connectivity index (χ0) is 25.8. The highest BCUT2D eigenvalue weighted by atomic mass is 32.2. The predicted octanol–water partition coefficient (Wildman–Crippen LogP) is 4.07. The largest absolute Gasteiger partial charge is 0.484 e. The van der Waals surface area contributed by atoms with Crippen molar-refractivity contribution in [3.05, 3.63) is 113 Å². The van der Waals surface area contributed by atoms with Gasteiger partial charge in [0.2, 0.25) is 0 Å². The number of carbonyl (C=O) groups is 3. The van der Waals surface area contributed by atoms with Gasteiger partial charge in [0.15, 0.2) is 12.7 Å². The third kappa shape index (κ3) is 5.24. The lowest BCUT2D eigenvalue weighted by atomic mass is 10.0. The van der Waals surface area contributed by atoms with E-state index in [1.165, 1.54) is 16.7 Å². The van der Waals surface area contributed by atoms with E-state index in [-0.39, 0.29) is 23.6 Å². The summed E-state index contributed by atoms with van der Waals surface area (Å²) in [5.41, 5.74) is 2.68. The number of hydrogen-bond donors (Lipinski definition) is 1. The second-order valence-electron chi connectivity index (χ2n) is 8.79. The average molecular weight is 515 g/mol. The molecule has 188 valence electrons. The number of thioether (sulfide) groups is 1. The predicted molar refractivity (Wildman–Crippen MR) is 140 cm³/mol. The number of ether oxygens (including phenoxy) is 2. The molecule has 37 heavy (non-hydrogen) atoms. The minimum Gasteiger partial charge on any atom is -0.484 e. The first-order valence-corrected chi connectivity index (χ1v) is 13.0. The van der Waals surface area contributed by atoms with Crippen molar-refractivity contribution in [1.29, 1.82) is 0 Å². The summed E-state index contributed by atoms with van der Waals surface area (Å²) >= 11 is 1.51. The highest BCUT2D eigenvalue weighted by molar-refractivity contribution is 8.00. The zero-order valence-corrected chi connectivity index (χ0v) is 21.0. The number of carbonyl (C=O) groups excluding carboxylic acids is 3. The number of fused-ring (bicyclic) bond motifs is 1. The molecule has 2 heterocycles. The molecule has 0 saturated carbocycles. The number of nitrogens with one attached hydrogen (secondary N) is 1. The quantitative estimate of drug-likeness (QED) is 0.360. The topological polar surface area (TPSA) is 84.9 Å². The average Bonchev–Trinajstić information content (AvgIpc) is 2.94. The SMILES string of the molecule is CC1=C(C(=O)OC(c2ccccc2)c2ccccc2)N2C(=O)C(NC(=O)COc3ccccc3)[C@@H]2SC1. The van der Waals surface area contributed by atoms with Crippen molar-refractivity contribution in [3.8, 4) is 5.75 Å². The Morgan fingerprint density at radius 3 is 2.11 bits per heavy atom. The van der Waals surface area contributed by atoms with Crippen molar-refractivity contribution in [2.45, 2.75) is 24.4 Å². The van der Waals surface area contributed by atoms with Crippen molar-refractivity contribution in [1.82, 2.24) is 10.2 Å². The first-order valence-electron chi connectivity index (χ1n) is 12.0. The van der Waals surface area contributed by atoms with Crippen molar-refractivity contribution >= 4 is 29.5 Å². The van der Waals surface area contributed by atoms with Crippen LogP contribution in [-0.4, -0.2) is 46.5 Å². The molecule has 0 bridgehead atoms. The number of nitrogens with zero attached hydrogens (tertiary/aromatic N) is 1. The lowest BCUT2D eigenvalue weighted by molar-refractivity contribution is -0.154. The van der Waals surface area contributed by atoms with Gasteiger partial charge in [-0.15, -0.1) is 11.8 Å². The maximum atomic E-state index is 13.5. The van der Waals surface area contributed by atoms with E-state index >= 15 is 0 Å². The van der Waals surface area contributed by atoms with Gasteiger partial charge in [0, 0.05) is 5.75 Å². The molecule has 2 atom stereocenters. The van der Waals surface area contributed by atoms with Crippen LogP contribution < -0.4 is 10.1 Å². The molecule has 1 fully saturated rings. The summed E-state index contributed by atoms with van der Waals surface area (Å²) in [6.45, 7) is 1.62. The summed E-state index contributed by atoms with van der Waals surface area (Å²) in [6.07, 6.45) is -0.620. The van der Waals surface area contributed by atoms with E-state index in [1.54, 1.807) is 12.1 Å². The summed E-state index contributed by atoms with van der Waals surface area (Å²) in [4.78, 5) is 40.5. The van der Waals surface area contributed by atoms with Gasteiger partial charge in [0.05, 0.1) is 0 Å². The van der Waals surface area contributed by atoms with E-state index in [4.69, 9.17) is 9.47 Å². The van der Waals surface area contributed by atoms with Crippen LogP contribution in [0.15, 0.2) is 102 Å². The number of β-lactam (4-membered cyclic amide) rings is 1. The van der Waals surface area contributed by atoms with Crippen LogP contribution in [0.2, 0.25) is 0 Å². The van der Waals surface area contributed by atoms with E-state index in [2.05, 4.69) is 5.32 Å². The molecule has 1 saturated heterocycles. The number of para-hydroxylation sites is 1. The van der Waals surface area contributed by atoms with Crippen LogP contribution in [-0.2, 0) is 19.1 Å². The molecule has 2 aliphatic rings. The Morgan fingerprint density at radius 2 is 1.51 bits per heavy atom. The van der Waals surface area contributed by atoms with Crippen LogP contribution in [0.4, 0.5) is 0 Å². The van der Waals surface area contributed by atoms with E-state index in [1.807, 2.05) is 85.8 Å². The molecular weight excluding hydrogens is 488 g/mol. The Kier molecular flexibility index (Phi) is 7.28. The molecule has 2 aliphatic heterocycles. The van der Waals surface area contributed by atoms with Gasteiger partial charge >= 0.3 is 5.97 Å². The van der Waals surface area contributed by atoms with Crippen LogP contribution >= 0.6 is 11.8 Å². The molecule has 5 rings (SSSR count). The first kappa shape index (κ1) is 24.6. The Labute approximate surface area is 219 Å². The molecule has 0 radical (unpaired) electrons. The number of esters is 1. The summed E-state index contributed by atoms with van der Waals surface area (Å²) < 4.78 is 11.5. The van der Waals surface area contributed by atoms with Crippen molar-refractivity contribution in [2.75, 3.05) is 12.4 Å². The third-order valence-electron chi connectivity index (χ3n) is 6.21. The van der Waals surface area contributed by atoms with Gasteiger partial charge in [0.1, 0.15) is 22.9 Å². The molecule has 8 heteroatoms. The van der Waals surface area contributed by atoms with E-state index in [9.17, 15) is 14.4 Å². The van der Waals surface area contributed by atoms with Gasteiger partial charge in [-0.1, -0.05) is 78.9 Å². The second kappa shape index (κ2) is 10.9. The van der Waals surface area contributed by atoms with Crippen molar-refractivity contribution < 1.29 is 23.9 Å². The van der Waals surface area contributed by atoms with E-state index in [0.29, 0.717) is 11.5 Å². The van der Waals surface area contributed by atoms with E-state index in [0.717, 1.165) is 16.7 Å². The molecule has 0 aromatic heterocycles. The molecule has 1 unspecified atom stereocenters. The Morgan fingerprint density at radius 1 is 0.946 bits per heavy atom. The number of amides is 2. The maximum Gasteiger partial charge on any atom is 0.356 e. The second-order valence-corrected chi connectivity index (χ2v) is 9.90. The molecule has 3 aromatic rings. The zero-order valence-electron chi connectivity index (χ0n) is 20.2. The summed E-state index contributed by atoms with van der Waals surface area (Å²) in [7, 11) is 0. The fourth-order valence-corrected chi connectivity index (χ4v) is 5.68. The minimum absolute atomic E-state index is 0.204. The Hall–Kier alpha value is -4.04. The van der Waals surface area contributed by atoms with Crippen LogP contribution in [0.5, 0.6) is 5.75 Å². The highest BCUT2D eigenvalue weighted by Crippen LogP contribution is 2.41. The molecular formula is C29H26N2O5S. The van der Waals surface area contributed by atoms with Gasteiger partial charge in [-0.25, -0.2) is 4.79 Å². The van der Waals surface area contributed by atoms with Gasteiger partial charge in [0.25, 0.3) is 11.8 Å². The highest BCUT2D eigenvalue weighted by Gasteiger charge is 2.54. The van der Waals surface area contributed by atoms with E-state index < -0.39 is 24.0 Å². The third-order valence-corrected chi connectivity index (χ3v) is 7.64. The van der Waals surface area contributed by atoms with Crippen LogP contribution in [0, 0.1) is 0 Å². The summed E-state index contributed by atoms with van der Waals surface area (Å²) in [5, 5.41) is 2.37. The van der Waals surface area contributed by atoms with Gasteiger partial charge in [-0.3, -0.25) is 14.5 Å². The molecule has 7 nitrogen and oxygen atoms in total. The van der Waals surface area contributed by atoms with Crippen LogP contribution in [0.25, 0.3) is 0 Å². The first-order chi connectivity index (χ1) is 18.0. The molecule has 1 N–H and O–H groups in total. The Bertz CT molecular complexity index is 1270. The molecule has 0 spiro atoms. The number of hydrogen-bond acceptors (Lipinski definition) is 6. The van der Waals surface area contributed by atoms with Crippen LogP contribution in [0.1, 0.15) is 24.2 Å². The monoisotopic (exact) mass is 514 g/mol. The number of rotatable bonds is 8. The maximum absolute atomic E-state index is 13.5. The number of benzene rings is 3. The van der Waals surface area contributed by atoms with Gasteiger partial charge < -0.3 is 14.8 Å². The van der Waals surface area contributed by atoms with Crippen molar-refractivity contribution in [3.63, 3.8) is 0 Å². The molecule has 2 amide bonds. The summed E-state index contributed by atoms with van der Waals surface area (Å²) in [5.74, 6) is -0.182. The smallest absolute Gasteiger partial charge is 0.356 e. The van der Waals surface area contributed by atoms with Gasteiger partial charge in [-0.2, -0.15) is 0 Å².